The summed E-state index contributed by atoms with van der Waals surface area (Å²) in [6.07, 6.45) is 0. The molecule has 21 heavy (non-hydrogen) atoms. The maximum Gasteiger partial charge on any atom is 0.335 e. The fraction of sp³-hybridized carbons (Fsp3) is 0.0667. The molecule has 4 nitrogen and oxygen atoms in total. The van der Waals surface area contributed by atoms with Gasteiger partial charge in [0.1, 0.15) is 0 Å². The summed E-state index contributed by atoms with van der Waals surface area (Å²) in [6.45, 7) is 0.250. The monoisotopic (exact) mass is 367 g/mol. The second kappa shape index (κ2) is 6.74. The van der Waals surface area contributed by atoms with Gasteiger partial charge in [-0.2, -0.15) is 0 Å². The Morgan fingerprint density at radius 2 is 1.90 bits per heavy atom. The normalized spacial score (nSPS) is 10.2. The van der Waals surface area contributed by atoms with Crippen LogP contribution in [-0.2, 0) is 6.54 Å². The van der Waals surface area contributed by atoms with Crippen molar-refractivity contribution in [3.63, 3.8) is 0 Å². The van der Waals surface area contributed by atoms with Crippen molar-refractivity contribution in [3.8, 4) is 0 Å². The van der Waals surface area contributed by atoms with Crippen molar-refractivity contribution in [3.05, 3.63) is 68.7 Å². The molecule has 0 spiro atoms. The molecule has 0 saturated heterocycles. The number of aromatic carboxylic acids is 1. The zero-order valence-electron chi connectivity index (χ0n) is 10.8. The smallest absolute Gasteiger partial charge is 0.335 e. The Morgan fingerprint density at radius 3 is 2.57 bits per heavy atom. The zero-order chi connectivity index (χ0) is 15.4. The summed E-state index contributed by atoms with van der Waals surface area (Å²) >= 11 is 9.13. The predicted molar refractivity (Wildman–Crippen MR) is 83.7 cm³/mol. The van der Waals surface area contributed by atoms with Crippen LogP contribution in [0, 0.1) is 0 Å². The molecule has 0 aliphatic rings. The predicted octanol–water partition coefficient (Wildman–Crippen LogP) is 3.73. The molecule has 1 amide bonds. The average Bonchev–Trinajstić information content (AvgIpc) is 2.48. The van der Waals surface area contributed by atoms with Gasteiger partial charge in [0.25, 0.3) is 5.91 Å². The molecule has 2 rings (SSSR count). The molecule has 0 aliphatic carbocycles. The maximum atomic E-state index is 12.0. The minimum Gasteiger partial charge on any atom is -0.478 e. The van der Waals surface area contributed by atoms with Crippen molar-refractivity contribution in [2.45, 2.75) is 6.54 Å². The molecule has 108 valence electrons. The molecule has 0 radical (unpaired) electrons. The molecular formula is C15H11BrClNO3. The molecular weight excluding hydrogens is 358 g/mol. The number of carboxylic acids is 1. The number of carbonyl (C=O) groups excluding carboxylic acids is 1. The van der Waals surface area contributed by atoms with Gasteiger partial charge in [-0.05, 0) is 51.8 Å². The van der Waals surface area contributed by atoms with E-state index in [4.69, 9.17) is 16.7 Å². The van der Waals surface area contributed by atoms with E-state index in [1.165, 1.54) is 12.1 Å². The molecule has 6 heteroatoms. The minimum absolute atomic E-state index is 0.191. The van der Waals surface area contributed by atoms with Gasteiger partial charge in [0.05, 0.1) is 10.6 Å². The second-order valence-electron chi connectivity index (χ2n) is 4.32. The largest absolute Gasteiger partial charge is 0.478 e. The standard InChI is InChI=1S/C15H11BrClNO3/c16-12-7-10(4-5-13(12)17)14(19)18-8-9-2-1-3-11(6-9)15(20)21/h1-7H,8H2,(H,18,19)(H,20,21). The lowest BCUT2D eigenvalue weighted by Gasteiger charge is -2.07. The summed E-state index contributed by atoms with van der Waals surface area (Å²) in [5, 5.41) is 12.2. The number of halogens is 2. The van der Waals surface area contributed by atoms with Crippen LogP contribution in [0.4, 0.5) is 0 Å². The van der Waals surface area contributed by atoms with E-state index < -0.39 is 5.97 Å². The molecule has 0 fully saturated rings. The van der Waals surface area contributed by atoms with Crippen LogP contribution in [-0.4, -0.2) is 17.0 Å². The lowest BCUT2D eigenvalue weighted by Crippen LogP contribution is -2.22. The summed E-state index contributed by atoms with van der Waals surface area (Å²) in [4.78, 5) is 22.9. The van der Waals surface area contributed by atoms with Crippen LogP contribution in [0.1, 0.15) is 26.3 Å². The third-order valence-corrected chi connectivity index (χ3v) is 4.02. The van der Waals surface area contributed by atoms with Crippen molar-refractivity contribution in [2.24, 2.45) is 0 Å². The Bertz CT molecular complexity index is 703. The van der Waals surface area contributed by atoms with Crippen LogP contribution in [0.3, 0.4) is 0 Å². The average molecular weight is 369 g/mol. The van der Waals surface area contributed by atoms with Crippen LogP contribution in [0.25, 0.3) is 0 Å². The van der Waals surface area contributed by atoms with Gasteiger partial charge in [0.2, 0.25) is 0 Å². The van der Waals surface area contributed by atoms with Gasteiger partial charge in [-0.1, -0.05) is 23.7 Å². The fourth-order valence-corrected chi connectivity index (χ4v) is 2.23. The first-order chi connectivity index (χ1) is 9.97. The minimum atomic E-state index is -0.996. The molecule has 2 aromatic carbocycles. The first-order valence-corrected chi connectivity index (χ1v) is 7.20. The second-order valence-corrected chi connectivity index (χ2v) is 5.58. The number of carboxylic acid groups (broad SMARTS) is 1. The zero-order valence-corrected chi connectivity index (χ0v) is 13.1. The molecule has 0 heterocycles. The summed E-state index contributed by atoms with van der Waals surface area (Å²) < 4.78 is 0.643. The van der Waals surface area contributed by atoms with Crippen molar-refractivity contribution in [1.29, 1.82) is 0 Å². The Morgan fingerprint density at radius 1 is 1.14 bits per heavy atom. The molecule has 0 saturated carbocycles. The number of hydrogen-bond donors (Lipinski definition) is 2. The molecule has 2 aromatic rings. The van der Waals surface area contributed by atoms with Crippen LogP contribution in [0.5, 0.6) is 0 Å². The van der Waals surface area contributed by atoms with Crippen molar-refractivity contribution in [2.75, 3.05) is 0 Å². The van der Waals surface area contributed by atoms with E-state index >= 15 is 0 Å². The van der Waals surface area contributed by atoms with Crippen LogP contribution >= 0.6 is 27.5 Å². The summed E-state index contributed by atoms with van der Waals surface area (Å²) in [5.41, 5.74) is 1.38. The van der Waals surface area contributed by atoms with Gasteiger partial charge < -0.3 is 10.4 Å². The molecule has 0 bridgehead atoms. The lowest BCUT2D eigenvalue weighted by molar-refractivity contribution is 0.0696. The molecule has 0 aromatic heterocycles. The molecule has 0 unspecified atom stereocenters. The highest BCUT2D eigenvalue weighted by Gasteiger charge is 2.08. The highest BCUT2D eigenvalue weighted by Crippen LogP contribution is 2.23. The first kappa shape index (κ1) is 15.5. The molecule has 0 aliphatic heterocycles. The Hall–Kier alpha value is -1.85. The Labute approximate surface area is 134 Å². The van der Waals surface area contributed by atoms with Gasteiger partial charge in [0, 0.05) is 16.6 Å². The first-order valence-electron chi connectivity index (χ1n) is 6.03. The van der Waals surface area contributed by atoms with Crippen LogP contribution in [0.2, 0.25) is 5.02 Å². The van der Waals surface area contributed by atoms with Crippen molar-refractivity contribution >= 4 is 39.4 Å². The number of amides is 1. The summed E-state index contributed by atoms with van der Waals surface area (Å²) in [7, 11) is 0. The van der Waals surface area contributed by atoms with Crippen LogP contribution in [0.15, 0.2) is 46.9 Å². The van der Waals surface area contributed by atoms with Crippen molar-refractivity contribution < 1.29 is 14.7 Å². The van der Waals surface area contributed by atoms with Gasteiger partial charge in [-0.3, -0.25) is 4.79 Å². The number of benzene rings is 2. The van der Waals surface area contributed by atoms with E-state index in [9.17, 15) is 9.59 Å². The topological polar surface area (TPSA) is 66.4 Å². The quantitative estimate of drug-likeness (QED) is 0.864. The lowest BCUT2D eigenvalue weighted by atomic mass is 10.1. The van der Waals surface area contributed by atoms with Gasteiger partial charge in [-0.15, -0.1) is 0 Å². The number of nitrogens with one attached hydrogen (secondary N) is 1. The Balaban J connectivity index is 2.05. The van der Waals surface area contributed by atoms with E-state index in [2.05, 4.69) is 21.2 Å². The van der Waals surface area contributed by atoms with Crippen molar-refractivity contribution in [1.82, 2.24) is 5.32 Å². The summed E-state index contributed by atoms with van der Waals surface area (Å²) in [6, 6.07) is 11.3. The summed E-state index contributed by atoms with van der Waals surface area (Å²) in [5.74, 6) is -1.25. The van der Waals surface area contributed by atoms with Crippen LogP contribution < -0.4 is 5.32 Å². The fourth-order valence-electron chi connectivity index (χ4n) is 1.74. The van der Waals surface area contributed by atoms with E-state index in [0.717, 1.165) is 5.56 Å². The number of hydrogen-bond acceptors (Lipinski definition) is 2. The number of rotatable bonds is 4. The van der Waals surface area contributed by atoms with E-state index in [1.807, 2.05) is 0 Å². The van der Waals surface area contributed by atoms with Gasteiger partial charge in [-0.25, -0.2) is 4.79 Å². The SMILES string of the molecule is O=C(O)c1cccc(CNC(=O)c2ccc(Cl)c(Br)c2)c1. The van der Waals surface area contributed by atoms with E-state index in [0.29, 0.717) is 15.1 Å². The molecule has 2 N–H and O–H groups in total. The highest BCUT2D eigenvalue weighted by molar-refractivity contribution is 9.10. The third-order valence-electron chi connectivity index (χ3n) is 2.81. The maximum absolute atomic E-state index is 12.0. The van der Waals surface area contributed by atoms with E-state index in [-0.39, 0.29) is 18.0 Å². The van der Waals surface area contributed by atoms with Gasteiger partial charge in [0.15, 0.2) is 0 Å². The Kier molecular flexibility index (Phi) is 4.98. The third kappa shape index (κ3) is 4.06. The highest BCUT2D eigenvalue weighted by atomic mass is 79.9. The molecule has 0 atom stereocenters. The van der Waals surface area contributed by atoms with E-state index in [1.54, 1.807) is 30.3 Å². The van der Waals surface area contributed by atoms with Gasteiger partial charge >= 0.3 is 5.97 Å². The number of carbonyl (C=O) groups is 2.